The zero-order chi connectivity index (χ0) is 37.6. The summed E-state index contributed by atoms with van der Waals surface area (Å²) in [5.74, 6) is 1.64. The van der Waals surface area contributed by atoms with Crippen LogP contribution in [0.5, 0.6) is 0 Å². The molecule has 302 valence electrons. The first-order chi connectivity index (χ1) is 26.3. The van der Waals surface area contributed by atoms with Crippen LogP contribution >= 0.6 is 0 Å². The van der Waals surface area contributed by atoms with Crippen LogP contribution < -0.4 is 5.32 Å². The molecule has 2 N–H and O–H groups in total. The number of nitrogens with one attached hydrogen (secondary N) is 1. The molecule has 0 aromatic rings. The molecule has 7 fully saturated rings. The van der Waals surface area contributed by atoms with Crippen molar-refractivity contribution in [2.75, 3.05) is 26.2 Å². The van der Waals surface area contributed by atoms with Gasteiger partial charge in [0.25, 0.3) is 0 Å². The van der Waals surface area contributed by atoms with Gasteiger partial charge < -0.3 is 14.7 Å². The third-order valence-corrected chi connectivity index (χ3v) is 15.3. The van der Waals surface area contributed by atoms with E-state index < -0.39 is 11.9 Å². The Kier molecular flexibility index (Phi) is 14.0. The van der Waals surface area contributed by atoms with Crippen LogP contribution in [0.1, 0.15) is 161 Å². The second-order valence-electron chi connectivity index (χ2n) is 18.7. The van der Waals surface area contributed by atoms with Gasteiger partial charge in [-0.2, -0.15) is 0 Å². The summed E-state index contributed by atoms with van der Waals surface area (Å²) in [6.45, 7) is 6.66. The van der Waals surface area contributed by atoms with Crippen molar-refractivity contribution in [3.63, 3.8) is 0 Å². The van der Waals surface area contributed by atoms with Gasteiger partial charge in [-0.05, 0) is 145 Å². The molecule has 0 radical (unpaired) electrons. The maximum Gasteiger partial charge on any atom is 0.249 e. The first kappa shape index (κ1) is 40.1. The molecule has 7 aliphatic rings. The molecule has 3 aliphatic heterocycles. The third kappa shape index (κ3) is 9.53. The van der Waals surface area contributed by atoms with Gasteiger partial charge in [0.15, 0.2) is 0 Å². The van der Waals surface area contributed by atoms with Gasteiger partial charge in [-0.1, -0.05) is 56.6 Å². The Morgan fingerprint density at radius 1 is 0.741 bits per heavy atom. The fourth-order valence-corrected chi connectivity index (χ4v) is 12.3. The fourth-order valence-electron chi connectivity index (χ4n) is 12.3. The summed E-state index contributed by atoms with van der Waals surface area (Å²) in [6.07, 6.45) is 26.7. The molecule has 0 spiro atoms. The molecule has 5 unspecified atom stereocenters. The van der Waals surface area contributed by atoms with Crippen molar-refractivity contribution in [2.45, 2.75) is 179 Å². The molecule has 4 amide bonds. The van der Waals surface area contributed by atoms with E-state index >= 15 is 0 Å². The van der Waals surface area contributed by atoms with E-state index in [0.29, 0.717) is 17.9 Å². The molecule has 0 bridgehead atoms. The molecule has 4 saturated carbocycles. The zero-order valence-electron chi connectivity index (χ0n) is 33.5. The molecule has 54 heavy (non-hydrogen) atoms. The van der Waals surface area contributed by atoms with Gasteiger partial charge >= 0.3 is 0 Å². The zero-order valence-corrected chi connectivity index (χ0v) is 33.5. The fraction of sp³-hybridized carbons (Fsp3) is 0.867. The summed E-state index contributed by atoms with van der Waals surface area (Å²) < 4.78 is 6.56. The normalized spacial score (nSPS) is 36.3. The van der Waals surface area contributed by atoms with E-state index in [9.17, 15) is 24.3 Å². The lowest BCUT2D eigenvalue weighted by Gasteiger charge is -2.39. The predicted octanol–water partition coefficient (Wildman–Crippen LogP) is 7.49. The minimum Gasteiger partial charge on any atom is -0.393 e. The van der Waals surface area contributed by atoms with Crippen molar-refractivity contribution in [3.8, 4) is 0 Å². The lowest BCUT2D eigenvalue weighted by atomic mass is 9.68. The molecule has 9 heteroatoms. The number of likely N-dealkylation sites (tertiary alicyclic amines) is 2. The number of carbonyl (C=O) groups excluding carboxylic acids is 4. The van der Waals surface area contributed by atoms with Gasteiger partial charge in [0.2, 0.25) is 23.6 Å². The number of ether oxygens (including phenoxy) is 1. The topological polar surface area (TPSA) is 116 Å². The highest BCUT2D eigenvalue weighted by Gasteiger charge is 2.53. The highest BCUT2D eigenvalue weighted by molar-refractivity contribution is 6.10. The monoisotopic (exact) mass is 750 g/mol. The number of rotatable bonds is 14. The van der Waals surface area contributed by atoms with Crippen molar-refractivity contribution in [2.24, 2.45) is 41.4 Å². The predicted molar refractivity (Wildman–Crippen MR) is 209 cm³/mol. The number of fused-ring (bicyclic) bond motifs is 1. The SMILES string of the molecule is CC/C(=C(\C1CCC(O)CC1)C1CCC(OCCN2CCC(CCCCC3CCC4C(=O)N(C5CCC(=O)NC5=O)C(=O)C4C3)C2)CC1)C1CCCCC1. The number of allylic oxidation sites excluding steroid dienone is 2. The Balaban J connectivity index is 0.785. The number of aliphatic hydroxyl groups is 1. The highest BCUT2D eigenvalue weighted by Crippen LogP contribution is 2.46. The number of aliphatic hydroxyl groups excluding tert-OH is 1. The minimum absolute atomic E-state index is 0.0858. The minimum atomic E-state index is -0.825. The van der Waals surface area contributed by atoms with E-state index in [0.717, 1.165) is 69.4 Å². The molecule has 9 nitrogen and oxygen atoms in total. The summed E-state index contributed by atoms with van der Waals surface area (Å²) in [5, 5.41) is 12.6. The number of hydrogen-bond donors (Lipinski definition) is 2. The van der Waals surface area contributed by atoms with Gasteiger partial charge in [0.05, 0.1) is 30.7 Å². The maximum atomic E-state index is 13.3. The largest absolute Gasteiger partial charge is 0.393 e. The van der Waals surface area contributed by atoms with Gasteiger partial charge in [-0.3, -0.25) is 29.4 Å². The Morgan fingerprint density at radius 3 is 2.13 bits per heavy atom. The van der Waals surface area contributed by atoms with Crippen LogP contribution in [0.25, 0.3) is 0 Å². The summed E-state index contributed by atoms with van der Waals surface area (Å²) >= 11 is 0. The second-order valence-corrected chi connectivity index (χ2v) is 18.7. The smallest absolute Gasteiger partial charge is 0.249 e. The Morgan fingerprint density at radius 2 is 1.43 bits per heavy atom. The van der Waals surface area contributed by atoms with Gasteiger partial charge in [0.1, 0.15) is 6.04 Å². The number of unbranched alkanes of at least 4 members (excludes halogenated alkanes) is 1. The Bertz CT molecular complexity index is 1340. The van der Waals surface area contributed by atoms with Crippen molar-refractivity contribution >= 4 is 23.6 Å². The molecule has 3 heterocycles. The molecule has 3 saturated heterocycles. The van der Waals surface area contributed by atoms with E-state index in [1.807, 2.05) is 11.1 Å². The van der Waals surface area contributed by atoms with Gasteiger partial charge in [-0.15, -0.1) is 0 Å². The van der Waals surface area contributed by atoms with E-state index in [-0.39, 0.29) is 48.5 Å². The quantitative estimate of drug-likeness (QED) is 0.107. The molecule has 0 aromatic carbocycles. The Labute approximate surface area is 325 Å². The van der Waals surface area contributed by atoms with Crippen LogP contribution in [0, 0.1) is 41.4 Å². The summed E-state index contributed by atoms with van der Waals surface area (Å²) in [4.78, 5) is 54.3. The van der Waals surface area contributed by atoms with Crippen molar-refractivity contribution in [3.05, 3.63) is 11.1 Å². The third-order valence-electron chi connectivity index (χ3n) is 15.3. The first-order valence-electron chi connectivity index (χ1n) is 22.7. The average Bonchev–Trinajstić information content (AvgIpc) is 3.74. The lowest BCUT2D eigenvalue weighted by molar-refractivity contribution is -0.151. The van der Waals surface area contributed by atoms with Crippen LogP contribution in [-0.2, 0) is 23.9 Å². The van der Waals surface area contributed by atoms with Crippen molar-refractivity contribution < 1.29 is 29.0 Å². The molecular formula is C45H71N3O6. The highest BCUT2D eigenvalue weighted by atomic mass is 16.5. The van der Waals surface area contributed by atoms with Crippen LogP contribution in [0.2, 0.25) is 0 Å². The number of carbonyl (C=O) groups is 4. The molecular weight excluding hydrogens is 679 g/mol. The number of nitrogens with zero attached hydrogens (tertiary/aromatic N) is 2. The number of imide groups is 2. The van der Waals surface area contributed by atoms with Crippen molar-refractivity contribution in [1.82, 2.24) is 15.1 Å². The lowest BCUT2D eigenvalue weighted by Crippen LogP contribution is -2.54. The van der Waals surface area contributed by atoms with Crippen LogP contribution in [0.15, 0.2) is 11.1 Å². The number of amides is 4. The van der Waals surface area contributed by atoms with E-state index in [2.05, 4.69) is 17.1 Å². The van der Waals surface area contributed by atoms with E-state index in [4.69, 9.17) is 4.74 Å². The Hall–Kier alpha value is -2.10. The average molecular weight is 750 g/mol. The number of hydrogen-bond acceptors (Lipinski definition) is 7. The summed E-state index contributed by atoms with van der Waals surface area (Å²) in [5.41, 5.74) is 3.68. The molecule has 7 rings (SSSR count). The van der Waals surface area contributed by atoms with E-state index in [1.54, 1.807) is 0 Å². The maximum absolute atomic E-state index is 13.3. The first-order valence-corrected chi connectivity index (χ1v) is 22.7. The van der Waals surface area contributed by atoms with Crippen LogP contribution in [0.4, 0.5) is 0 Å². The second kappa shape index (κ2) is 18.9. The van der Waals surface area contributed by atoms with Crippen LogP contribution in [-0.4, -0.2) is 83.0 Å². The van der Waals surface area contributed by atoms with Crippen LogP contribution in [0.3, 0.4) is 0 Å². The molecule has 4 aliphatic carbocycles. The van der Waals surface area contributed by atoms with E-state index in [1.165, 1.54) is 121 Å². The molecule has 5 atom stereocenters. The van der Waals surface area contributed by atoms with Crippen molar-refractivity contribution in [1.29, 1.82) is 0 Å². The van der Waals surface area contributed by atoms with Gasteiger partial charge in [-0.25, -0.2) is 0 Å². The number of piperidine rings is 1. The molecule has 0 aromatic heterocycles. The summed E-state index contributed by atoms with van der Waals surface area (Å²) in [7, 11) is 0. The van der Waals surface area contributed by atoms with Gasteiger partial charge in [0, 0.05) is 19.5 Å². The summed E-state index contributed by atoms with van der Waals surface area (Å²) in [6, 6.07) is -0.825. The standard InChI is InChI=1S/C45H71N3O6/c1-2-37(32-10-4-3-5-11-32)42(33-13-17-35(49)18-14-33)34-15-19-36(20-16-34)54-27-26-47-25-24-31(29-47)9-7-6-8-30-12-21-38-39(28-30)45(53)48(44(38)52)40-22-23-41(50)46-43(40)51/h30-36,38-40,49H,2-29H2,1H3,(H,46,50,51)/b42-37-.